The van der Waals surface area contributed by atoms with E-state index in [9.17, 15) is 9.90 Å². The minimum atomic E-state index is -1.24. The molecule has 2 atom stereocenters. The number of carbonyl (C=O) groups is 1. The van der Waals surface area contributed by atoms with Crippen LogP contribution in [0.2, 0.25) is 0 Å². The molecular formula is C9H7KN2O3. The number of aromatic nitrogens is 1. The molecule has 5 nitrogen and oxygen atoms in total. The zero-order chi connectivity index (χ0) is 9.97. The van der Waals surface area contributed by atoms with Crippen LogP contribution in [0.5, 0.6) is 0 Å². The summed E-state index contributed by atoms with van der Waals surface area (Å²) in [6.45, 7) is 0. The molecule has 6 heteroatoms. The van der Waals surface area contributed by atoms with Crippen LogP contribution in [0.25, 0.3) is 0 Å². The van der Waals surface area contributed by atoms with Crippen molar-refractivity contribution in [1.29, 1.82) is 0 Å². The third-order valence-electron chi connectivity index (χ3n) is 1.99. The Balaban J connectivity index is 0.00000112. The molecule has 1 aliphatic heterocycles. The predicted octanol–water partition coefficient (Wildman–Crippen LogP) is -3.70. The molecule has 0 bridgehead atoms. The summed E-state index contributed by atoms with van der Waals surface area (Å²) in [4.78, 5) is 18.2. The smallest absolute Gasteiger partial charge is 0.548 e. The normalized spacial score (nSPS) is 22.9. The second-order valence-corrected chi connectivity index (χ2v) is 2.86. The van der Waals surface area contributed by atoms with Gasteiger partial charge in [-0.3, -0.25) is 4.98 Å². The first-order valence-corrected chi connectivity index (χ1v) is 4.07. The zero-order valence-corrected chi connectivity index (χ0v) is 11.3. The zero-order valence-electron chi connectivity index (χ0n) is 8.16. The molecular weight excluding hydrogens is 223 g/mol. The SMILES string of the molecule is O=C([O-])[C@@H]1N=COC1c1ccncc1.[K+]. The molecule has 0 saturated carbocycles. The molecule has 0 N–H and O–H groups in total. The molecule has 0 fully saturated rings. The molecule has 1 aromatic heterocycles. The number of rotatable bonds is 2. The maximum Gasteiger partial charge on any atom is 1.00 e. The van der Waals surface area contributed by atoms with Crippen molar-refractivity contribution in [2.75, 3.05) is 0 Å². The van der Waals surface area contributed by atoms with Gasteiger partial charge in [-0.15, -0.1) is 0 Å². The van der Waals surface area contributed by atoms with Crippen LogP contribution in [0.4, 0.5) is 0 Å². The van der Waals surface area contributed by atoms with E-state index in [4.69, 9.17) is 4.74 Å². The van der Waals surface area contributed by atoms with E-state index in [2.05, 4.69) is 9.98 Å². The van der Waals surface area contributed by atoms with Gasteiger partial charge in [0, 0.05) is 12.4 Å². The van der Waals surface area contributed by atoms with Gasteiger partial charge >= 0.3 is 51.4 Å². The molecule has 0 saturated heterocycles. The van der Waals surface area contributed by atoms with Gasteiger partial charge in [-0.1, -0.05) is 0 Å². The maximum absolute atomic E-state index is 10.7. The largest absolute Gasteiger partial charge is 1.00 e. The summed E-state index contributed by atoms with van der Waals surface area (Å²) in [5, 5.41) is 10.7. The van der Waals surface area contributed by atoms with Gasteiger partial charge in [-0.05, 0) is 17.7 Å². The number of hydrogen-bond acceptors (Lipinski definition) is 5. The molecule has 2 heterocycles. The van der Waals surface area contributed by atoms with Gasteiger partial charge in [-0.2, -0.15) is 0 Å². The van der Waals surface area contributed by atoms with Gasteiger partial charge in [0.1, 0.15) is 6.04 Å². The molecule has 1 unspecified atom stereocenters. The molecule has 0 amide bonds. The summed E-state index contributed by atoms with van der Waals surface area (Å²) >= 11 is 0. The van der Waals surface area contributed by atoms with Crippen LogP contribution in [0.15, 0.2) is 29.5 Å². The number of ether oxygens (including phenoxy) is 1. The quantitative estimate of drug-likeness (QED) is 0.490. The number of carboxylic acids is 1. The van der Waals surface area contributed by atoms with Crippen LogP contribution in [0.3, 0.4) is 0 Å². The van der Waals surface area contributed by atoms with E-state index >= 15 is 0 Å². The molecule has 15 heavy (non-hydrogen) atoms. The summed E-state index contributed by atoms with van der Waals surface area (Å²) < 4.78 is 5.07. The fourth-order valence-electron chi connectivity index (χ4n) is 1.32. The van der Waals surface area contributed by atoms with Crippen molar-refractivity contribution in [3.8, 4) is 0 Å². The predicted molar refractivity (Wildman–Crippen MR) is 45.4 cm³/mol. The van der Waals surface area contributed by atoms with Crippen molar-refractivity contribution in [1.82, 2.24) is 4.98 Å². The van der Waals surface area contributed by atoms with E-state index in [1.807, 2.05) is 0 Å². The van der Waals surface area contributed by atoms with Crippen molar-refractivity contribution >= 4 is 12.4 Å². The number of pyridine rings is 1. The number of carboxylic acid groups (broad SMARTS) is 1. The molecule has 2 rings (SSSR count). The molecule has 0 radical (unpaired) electrons. The second kappa shape index (κ2) is 5.71. The topological polar surface area (TPSA) is 74.6 Å². The van der Waals surface area contributed by atoms with Crippen molar-refractivity contribution in [3.05, 3.63) is 30.1 Å². The fourth-order valence-corrected chi connectivity index (χ4v) is 1.32. The van der Waals surface area contributed by atoms with Crippen molar-refractivity contribution in [2.24, 2.45) is 4.99 Å². The minimum absolute atomic E-state index is 0. The average Bonchev–Trinajstić information content (AvgIpc) is 2.67. The van der Waals surface area contributed by atoms with Crippen LogP contribution < -0.4 is 56.5 Å². The van der Waals surface area contributed by atoms with E-state index < -0.39 is 18.1 Å². The van der Waals surface area contributed by atoms with Crippen molar-refractivity contribution < 1.29 is 66.0 Å². The average molecular weight is 230 g/mol. The molecule has 0 spiro atoms. The van der Waals surface area contributed by atoms with Crippen LogP contribution in [0, 0.1) is 0 Å². The fraction of sp³-hybridized carbons (Fsp3) is 0.222. The van der Waals surface area contributed by atoms with E-state index in [1.165, 1.54) is 0 Å². The maximum atomic E-state index is 10.7. The van der Waals surface area contributed by atoms with Gasteiger partial charge in [0.2, 0.25) is 0 Å². The molecule has 1 aromatic rings. The van der Waals surface area contributed by atoms with Crippen LogP contribution >= 0.6 is 0 Å². The first-order valence-electron chi connectivity index (χ1n) is 4.07. The number of hydrogen-bond donors (Lipinski definition) is 0. The Hall–Kier alpha value is -0.274. The second-order valence-electron chi connectivity index (χ2n) is 2.86. The molecule has 0 aromatic carbocycles. The van der Waals surface area contributed by atoms with Crippen LogP contribution in [-0.4, -0.2) is 23.4 Å². The van der Waals surface area contributed by atoms with Gasteiger partial charge in [0.15, 0.2) is 12.5 Å². The first-order chi connectivity index (χ1) is 6.79. The van der Waals surface area contributed by atoms with E-state index in [0.29, 0.717) is 0 Å². The Morgan fingerprint density at radius 1 is 1.40 bits per heavy atom. The summed E-state index contributed by atoms with van der Waals surface area (Å²) in [6, 6.07) is 2.42. The van der Waals surface area contributed by atoms with E-state index in [1.54, 1.807) is 24.5 Å². The number of carbonyl (C=O) groups excluding carboxylic acids is 1. The Bertz CT molecular complexity index is 369. The van der Waals surface area contributed by atoms with Gasteiger partial charge in [0.05, 0.1) is 5.97 Å². The van der Waals surface area contributed by atoms with Gasteiger partial charge in [0.25, 0.3) is 0 Å². The Morgan fingerprint density at radius 3 is 2.67 bits per heavy atom. The van der Waals surface area contributed by atoms with Crippen molar-refractivity contribution in [3.63, 3.8) is 0 Å². The monoisotopic (exact) mass is 230 g/mol. The van der Waals surface area contributed by atoms with Gasteiger partial charge in [-0.25, -0.2) is 4.99 Å². The third-order valence-corrected chi connectivity index (χ3v) is 1.99. The van der Waals surface area contributed by atoms with Crippen molar-refractivity contribution in [2.45, 2.75) is 12.1 Å². The Kier molecular flexibility index (Phi) is 4.87. The molecule has 1 aliphatic rings. The molecule has 0 aliphatic carbocycles. The van der Waals surface area contributed by atoms with E-state index in [0.717, 1.165) is 12.0 Å². The number of aliphatic carboxylic acids is 1. The summed E-state index contributed by atoms with van der Waals surface area (Å²) in [5.74, 6) is -1.24. The van der Waals surface area contributed by atoms with Gasteiger partial charge < -0.3 is 14.6 Å². The minimum Gasteiger partial charge on any atom is -0.548 e. The molecule has 72 valence electrons. The van der Waals surface area contributed by atoms with E-state index in [-0.39, 0.29) is 51.4 Å². The number of aliphatic imine (C=N–C) groups is 1. The summed E-state index contributed by atoms with van der Waals surface area (Å²) in [6.07, 6.45) is 3.70. The van der Waals surface area contributed by atoms with Crippen LogP contribution in [0.1, 0.15) is 11.7 Å². The van der Waals surface area contributed by atoms with Crippen LogP contribution in [-0.2, 0) is 9.53 Å². The number of nitrogens with zero attached hydrogens (tertiary/aromatic N) is 2. The summed E-state index contributed by atoms with van der Waals surface area (Å²) in [7, 11) is 0. The summed E-state index contributed by atoms with van der Waals surface area (Å²) in [5.41, 5.74) is 0.728. The first kappa shape index (κ1) is 12.8. The standard InChI is InChI=1S/C9H8N2O3.K/c12-9(13)7-8(14-5-11-7)6-1-3-10-4-2-6;/h1-5,7-8H,(H,12,13);/q;+1/p-1/t7-,8?;/m1./s1. The Morgan fingerprint density at radius 2 is 2.07 bits per heavy atom. The Labute approximate surface area is 129 Å². The third kappa shape index (κ3) is 2.85.